The number of aryl methyl sites for hydroxylation is 1. The molecule has 11 heavy (non-hydrogen) atoms. The van der Waals surface area contributed by atoms with E-state index in [1.54, 1.807) is 18.5 Å². The Balaban J connectivity index is 0.000000218. The van der Waals surface area contributed by atoms with Crippen molar-refractivity contribution < 1.29 is 9.90 Å². The maximum atomic E-state index is 9.00. The predicted molar refractivity (Wildman–Crippen MR) is 40.1 cm³/mol. The van der Waals surface area contributed by atoms with Gasteiger partial charge in [-0.05, 0) is 13.0 Å². The minimum Gasteiger partial charge on any atom is -0.481 e. The molecule has 1 aromatic heterocycles. The van der Waals surface area contributed by atoms with Crippen LogP contribution in [0.15, 0.2) is 18.5 Å². The number of hydrogen-bond donors (Lipinski definition) is 1. The average Bonchev–Trinajstić information content (AvgIpc) is 1.87. The van der Waals surface area contributed by atoms with E-state index < -0.39 is 5.97 Å². The standard InChI is InChI=1S/C5H6N2.C2H4O2/c1-5-6-3-2-4-7-5;1-2(3)4/h2-4H,1H3;1H3,(H,3,4). The average molecular weight is 154 g/mol. The van der Waals surface area contributed by atoms with Crippen LogP contribution < -0.4 is 0 Å². The summed E-state index contributed by atoms with van der Waals surface area (Å²) in [6, 6.07) is 1.80. The molecule has 1 heterocycles. The van der Waals surface area contributed by atoms with Gasteiger partial charge in [0.1, 0.15) is 5.82 Å². The minimum atomic E-state index is -0.833. The lowest BCUT2D eigenvalue weighted by molar-refractivity contribution is -0.134. The normalized spacial score (nSPS) is 7.82. The lowest BCUT2D eigenvalue weighted by Crippen LogP contribution is -1.80. The van der Waals surface area contributed by atoms with Gasteiger partial charge in [0, 0.05) is 19.3 Å². The van der Waals surface area contributed by atoms with E-state index in [1.165, 1.54) is 0 Å². The first-order valence-corrected chi connectivity index (χ1v) is 3.06. The van der Waals surface area contributed by atoms with E-state index in [0.29, 0.717) is 0 Å². The Morgan fingerprint density at radius 2 is 1.82 bits per heavy atom. The fraction of sp³-hybridized carbons (Fsp3) is 0.286. The molecule has 0 unspecified atom stereocenters. The maximum Gasteiger partial charge on any atom is 0.300 e. The smallest absolute Gasteiger partial charge is 0.300 e. The Kier molecular flexibility index (Phi) is 4.64. The number of aromatic nitrogens is 2. The second-order valence-corrected chi connectivity index (χ2v) is 1.82. The van der Waals surface area contributed by atoms with E-state index in [1.807, 2.05) is 6.92 Å². The molecule has 0 atom stereocenters. The summed E-state index contributed by atoms with van der Waals surface area (Å²) in [5.41, 5.74) is 0. The summed E-state index contributed by atoms with van der Waals surface area (Å²) in [5, 5.41) is 7.42. The third-order valence-corrected chi connectivity index (χ3v) is 0.695. The van der Waals surface area contributed by atoms with Crippen LogP contribution in [0.2, 0.25) is 0 Å². The van der Waals surface area contributed by atoms with Gasteiger partial charge in [-0.3, -0.25) is 4.79 Å². The van der Waals surface area contributed by atoms with E-state index in [9.17, 15) is 0 Å². The Hall–Kier alpha value is -1.45. The van der Waals surface area contributed by atoms with Crippen LogP contribution in [0.4, 0.5) is 0 Å². The van der Waals surface area contributed by atoms with Gasteiger partial charge in [0.25, 0.3) is 5.97 Å². The molecule has 0 bridgehead atoms. The number of carboxylic acids is 1. The highest BCUT2D eigenvalue weighted by atomic mass is 16.4. The monoisotopic (exact) mass is 154 g/mol. The molecule has 1 N–H and O–H groups in total. The molecule has 60 valence electrons. The van der Waals surface area contributed by atoms with Crippen molar-refractivity contribution >= 4 is 5.97 Å². The summed E-state index contributed by atoms with van der Waals surface area (Å²) in [6.45, 7) is 2.94. The Labute approximate surface area is 64.9 Å². The molecule has 4 heteroatoms. The quantitative estimate of drug-likeness (QED) is 0.602. The van der Waals surface area contributed by atoms with E-state index >= 15 is 0 Å². The van der Waals surface area contributed by atoms with Gasteiger partial charge in [-0.25, -0.2) is 9.97 Å². The Morgan fingerprint density at radius 3 is 2.00 bits per heavy atom. The summed E-state index contributed by atoms with van der Waals surface area (Å²) in [5.74, 6) is -0.0116. The van der Waals surface area contributed by atoms with Crippen molar-refractivity contribution in [2.24, 2.45) is 0 Å². The zero-order valence-electron chi connectivity index (χ0n) is 6.48. The first-order valence-electron chi connectivity index (χ1n) is 3.06. The minimum absolute atomic E-state index is 0.822. The van der Waals surface area contributed by atoms with Crippen molar-refractivity contribution in [2.45, 2.75) is 13.8 Å². The van der Waals surface area contributed by atoms with Gasteiger partial charge in [0.2, 0.25) is 0 Å². The molecule has 0 spiro atoms. The van der Waals surface area contributed by atoms with Gasteiger partial charge < -0.3 is 5.11 Å². The summed E-state index contributed by atoms with van der Waals surface area (Å²) in [4.78, 5) is 16.7. The van der Waals surface area contributed by atoms with Crippen LogP contribution in [0.1, 0.15) is 12.7 Å². The molecule has 0 amide bonds. The second kappa shape index (κ2) is 5.34. The van der Waals surface area contributed by atoms with Gasteiger partial charge in [0.05, 0.1) is 0 Å². The number of carbonyl (C=O) groups is 1. The third-order valence-electron chi connectivity index (χ3n) is 0.695. The summed E-state index contributed by atoms with van der Waals surface area (Å²) in [7, 11) is 0. The van der Waals surface area contributed by atoms with Crippen molar-refractivity contribution in [1.82, 2.24) is 9.97 Å². The van der Waals surface area contributed by atoms with E-state index in [0.717, 1.165) is 12.7 Å². The highest BCUT2D eigenvalue weighted by Crippen LogP contribution is 1.78. The molecule has 0 fully saturated rings. The van der Waals surface area contributed by atoms with Crippen LogP contribution in [0.3, 0.4) is 0 Å². The maximum absolute atomic E-state index is 9.00. The van der Waals surface area contributed by atoms with Gasteiger partial charge >= 0.3 is 0 Å². The van der Waals surface area contributed by atoms with Crippen LogP contribution in [0.25, 0.3) is 0 Å². The SMILES string of the molecule is CC(=O)O.Cc1ncccn1. The van der Waals surface area contributed by atoms with Crippen molar-refractivity contribution in [2.75, 3.05) is 0 Å². The number of nitrogens with zero attached hydrogens (tertiary/aromatic N) is 2. The predicted octanol–water partition coefficient (Wildman–Crippen LogP) is 0.876. The first kappa shape index (κ1) is 9.55. The van der Waals surface area contributed by atoms with Gasteiger partial charge in [0.15, 0.2) is 0 Å². The highest BCUT2D eigenvalue weighted by molar-refractivity contribution is 5.62. The third kappa shape index (κ3) is 8.55. The highest BCUT2D eigenvalue weighted by Gasteiger charge is 1.74. The lowest BCUT2D eigenvalue weighted by Gasteiger charge is -1.81. The zero-order valence-corrected chi connectivity index (χ0v) is 6.48. The number of aliphatic carboxylic acids is 1. The topological polar surface area (TPSA) is 63.1 Å². The van der Waals surface area contributed by atoms with Gasteiger partial charge in [-0.2, -0.15) is 0 Å². The molecule has 1 aromatic rings. The molecular formula is C7H10N2O2. The fourth-order valence-electron chi connectivity index (χ4n) is 0.374. The molecule has 1 rings (SSSR count). The van der Waals surface area contributed by atoms with Crippen molar-refractivity contribution in [3.05, 3.63) is 24.3 Å². The van der Waals surface area contributed by atoms with Crippen LogP contribution in [0, 0.1) is 6.92 Å². The lowest BCUT2D eigenvalue weighted by atomic mass is 10.6. The molecule has 0 aliphatic heterocycles. The molecule has 0 saturated carbocycles. The van der Waals surface area contributed by atoms with Crippen molar-refractivity contribution in [3.63, 3.8) is 0 Å². The zero-order chi connectivity index (χ0) is 8.69. The van der Waals surface area contributed by atoms with Crippen molar-refractivity contribution in [3.8, 4) is 0 Å². The van der Waals surface area contributed by atoms with E-state index in [-0.39, 0.29) is 0 Å². The fourth-order valence-corrected chi connectivity index (χ4v) is 0.374. The van der Waals surface area contributed by atoms with Crippen LogP contribution >= 0.6 is 0 Å². The molecule has 4 nitrogen and oxygen atoms in total. The van der Waals surface area contributed by atoms with Crippen LogP contribution in [-0.2, 0) is 4.79 Å². The Bertz CT molecular complexity index is 207. The molecule has 0 radical (unpaired) electrons. The number of rotatable bonds is 0. The van der Waals surface area contributed by atoms with E-state index in [4.69, 9.17) is 9.90 Å². The number of hydrogen-bond acceptors (Lipinski definition) is 3. The largest absolute Gasteiger partial charge is 0.481 e. The van der Waals surface area contributed by atoms with Crippen molar-refractivity contribution in [1.29, 1.82) is 0 Å². The van der Waals surface area contributed by atoms with Crippen LogP contribution in [0.5, 0.6) is 0 Å². The molecule has 0 saturated heterocycles. The van der Waals surface area contributed by atoms with Crippen LogP contribution in [-0.4, -0.2) is 21.0 Å². The molecule has 0 aliphatic carbocycles. The first-order chi connectivity index (χ1) is 5.13. The Morgan fingerprint density at radius 1 is 1.45 bits per heavy atom. The van der Waals surface area contributed by atoms with Gasteiger partial charge in [-0.1, -0.05) is 0 Å². The molecular weight excluding hydrogens is 144 g/mol. The molecule has 0 aromatic carbocycles. The summed E-state index contributed by atoms with van der Waals surface area (Å²) >= 11 is 0. The molecule has 0 aliphatic rings. The van der Waals surface area contributed by atoms with Gasteiger partial charge in [-0.15, -0.1) is 0 Å². The van der Waals surface area contributed by atoms with E-state index in [2.05, 4.69) is 9.97 Å². The summed E-state index contributed by atoms with van der Waals surface area (Å²) in [6.07, 6.45) is 3.45. The summed E-state index contributed by atoms with van der Waals surface area (Å²) < 4.78 is 0. The second-order valence-electron chi connectivity index (χ2n) is 1.82. The number of carboxylic acid groups (broad SMARTS) is 1.